The van der Waals surface area contributed by atoms with Crippen LogP contribution in [0.3, 0.4) is 0 Å². The van der Waals surface area contributed by atoms with Crippen molar-refractivity contribution in [3.63, 3.8) is 0 Å². The minimum absolute atomic E-state index is 1.08. The fraction of sp³-hybridized carbons (Fsp3) is 1.00. The van der Waals surface area contributed by atoms with E-state index in [-0.39, 0.29) is 0 Å². The van der Waals surface area contributed by atoms with Crippen LogP contribution in [0.2, 0.25) is 0 Å². The molecule has 0 heterocycles. The second kappa shape index (κ2) is 15.4. The van der Waals surface area contributed by atoms with Crippen molar-refractivity contribution >= 4 is 0 Å². The highest BCUT2D eigenvalue weighted by Gasteiger charge is 2.24. The molecular weight excluding hydrogens is 240 g/mol. The van der Waals surface area contributed by atoms with E-state index in [1.54, 1.807) is 0 Å². The predicted octanol–water partition coefficient (Wildman–Crippen LogP) is 7.76. The molecule has 1 rings (SSSR count). The summed E-state index contributed by atoms with van der Waals surface area (Å²) in [6.45, 7) is 9.20. The Kier molecular flexibility index (Phi) is 15.4. The van der Waals surface area contributed by atoms with Crippen LogP contribution in [0.15, 0.2) is 0 Å². The van der Waals surface area contributed by atoms with Gasteiger partial charge in [0.15, 0.2) is 0 Å². The van der Waals surface area contributed by atoms with Crippen molar-refractivity contribution in [2.75, 3.05) is 0 Å². The zero-order valence-electron chi connectivity index (χ0n) is 15.1. The predicted molar refractivity (Wildman–Crippen MR) is 94.3 cm³/mol. The highest BCUT2D eigenvalue weighted by Crippen LogP contribution is 2.36. The van der Waals surface area contributed by atoms with Crippen LogP contribution in [0.1, 0.15) is 118 Å². The van der Waals surface area contributed by atoms with Gasteiger partial charge in [0.25, 0.3) is 0 Å². The Morgan fingerprint density at radius 3 is 1.55 bits per heavy atom. The van der Waals surface area contributed by atoms with Crippen molar-refractivity contribution in [2.24, 2.45) is 11.8 Å². The summed E-state index contributed by atoms with van der Waals surface area (Å²) >= 11 is 0. The molecule has 122 valence electrons. The molecule has 0 N–H and O–H groups in total. The summed E-state index contributed by atoms with van der Waals surface area (Å²) < 4.78 is 0. The maximum atomic E-state index is 2.35. The summed E-state index contributed by atoms with van der Waals surface area (Å²) in [6.07, 6.45) is 20.3. The lowest BCUT2D eigenvalue weighted by atomic mass is 9.90. The number of hydrogen-bond donors (Lipinski definition) is 0. The van der Waals surface area contributed by atoms with Crippen LogP contribution in [-0.4, -0.2) is 0 Å². The normalized spacial score (nSPS) is 21.6. The van der Waals surface area contributed by atoms with Crippen molar-refractivity contribution in [2.45, 2.75) is 118 Å². The van der Waals surface area contributed by atoms with E-state index in [1.807, 2.05) is 0 Å². The minimum Gasteiger partial charge on any atom is -0.0654 e. The van der Waals surface area contributed by atoms with Crippen molar-refractivity contribution in [3.8, 4) is 0 Å². The van der Waals surface area contributed by atoms with Gasteiger partial charge in [-0.2, -0.15) is 0 Å². The van der Waals surface area contributed by atoms with Crippen molar-refractivity contribution in [1.82, 2.24) is 0 Å². The maximum Gasteiger partial charge on any atom is -0.0386 e. The van der Waals surface area contributed by atoms with E-state index in [4.69, 9.17) is 0 Å². The van der Waals surface area contributed by atoms with E-state index in [0.29, 0.717) is 0 Å². The average molecular weight is 283 g/mol. The first-order valence-electron chi connectivity index (χ1n) is 9.79. The molecule has 0 spiro atoms. The quantitative estimate of drug-likeness (QED) is 0.359. The first-order chi connectivity index (χ1) is 9.79. The summed E-state index contributed by atoms with van der Waals surface area (Å²) in [6, 6.07) is 0. The summed E-state index contributed by atoms with van der Waals surface area (Å²) in [5.74, 6) is 2.18. The molecule has 0 saturated heterocycles. The molecule has 1 aliphatic carbocycles. The van der Waals surface area contributed by atoms with Gasteiger partial charge in [0.05, 0.1) is 0 Å². The van der Waals surface area contributed by atoms with Gasteiger partial charge in [-0.25, -0.2) is 0 Å². The van der Waals surface area contributed by atoms with E-state index in [0.717, 1.165) is 11.8 Å². The largest absolute Gasteiger partial charge is 0.0654 e. The maximum absolute atomic E-state index is 2.35. The molecule has 1 saturated carbocycles. The first-order valence-corrected chi connectivity index (χ1v) is 9.79. The standard InChI is InChI=1S/C10H20.C10H22/c1-3-6-10-8-5-7-9(10)4-2;1-3-5-7-9-10-8-6-4-2/h9-10H,3-8H2,1-2H3;3-10H2,1-2H3. The second-order valence-corrected chi connectivity index (χ2v) is 6.77. The van der Waals surface area contributed by atoms with Gasteiger partial charge in [0, 0.05) is 0 Å². The molecule has 0 aromatic carbocycles. The lowest BCUT2D eigenvalue weighted by Crippen LogP contribution is -2.05. The number of rotatable bonds is 10. The Bertz CT molecular complexity index is 165. The summed E-state index contributed by atoms with van der Waals surface area (Å²) in [5, 5.41) is 0. The first kappa shape index (κ1) is 20.0. The van der Waals surface area contributed by atoms with E-state index in [2.05, 4.69) is 27.7 Å². The molecule has 0 aliphatic heterocycles. The number of unbranched alkanes of at least 4 members (excludes halogenated alkanes) is 7. The fourth-order valence-electron chi connectivity index (χ4n) is 3.61. The van der Waals surface area contributed by atoms with Gasteiger partial charge in [0.1, 0.15) is 0 Å². The van der Waals surface area contributed by atoms with Gasteiger partial charge in [-0.15, -0.1) is 0 Å². The Labute approximate surface area is 130 Å². The summed E-state index contributed by atoms with van der Waals surface area (Å²) in [5.41, 5.74) is 0. The van der Waals surface area contributed by atoms with E-state index < -0.39 is 0 Å². The molecule has 2 atom stereocenters. The molecule has 0 nitrogen and oxygen atoms in total. The molecule has 1 fully saturated rings. The third kappa shape index (κ3) is 10.7. The van der Waals surface area contributed by atoms with Crippen molar-refractivity contribution < 1.29 is 0 Å². The van der Waals surface area contributed by atoms with Crippen LogP contribution >= 0.6 is 0 Å². The van der Waals surface area contributed by atoms with Crippen LogP contribution in [0.25, 0.3) is 0 Å². The Morgan fingerprint density at radius 2 is 1.10 bits per heavy atom. The summed E-state index contributed by atoms with van der Waals surface area (Å²) in [7, 11) is 0. The SMILES string of the molecule is CCCC1CCCC1CC.CCCCCCCCCC. The average Bonchev–Trinajstić information content (AvgIpc) is 2.91. The van der Waals surface area contributed by atoms with Gasteiger partial charge >= 0.3 is 0 Å². The van der Waals surface area contributed by atoms with E-state index in [1.165, 1.54) is 89.9 Å². The van der Waals surface area contributed by atoms with Crippen molar-refractivity contribution in [3.05, 3.63) is 0 Å². The van der Waals surface area contributed by atoms with Crippen LogP contribution < -0.4 is 0 Å². The molecule has 1 aliphatic rings. The lowest BCUT2D eigenvalue weighted by Gasteiger charge is -2.16. The zero-order chi connectivity index (χ0) is 15.1. The van der Waals surface area contributed by atoms with Gasteiger partial charge in [-0.3, -0.25) is 0 Å². The van der Waals surface area contributed by atoms with Gasteiger partial charge in [-0.05, 0) is 11.8 Å². The summed E-state index contributed by atoms with van der Waals surface area (Å²) in [4.78, 5) is 0. The van der Waals surface area contributed by atoms with Crippen LogP contribution in [0.4, 0.5) is 0 Å². The topological polar surface area (TPSA) is 0 Å². The Balaban J connectivity index is 0.000000361. The highest BCUT2D eigenvalue weighted by molar-refractivity contribution is 4.75. The highest BCUT2D eigenvalue weighted by atomic mass is 14.3. The zero-order valence-corrected chi connectivity index (χ0v) is 15.1. The van der Waals surface area contributed by atoms with E-state index >= 15 is 0 Å². The molecule has 0 aromatic heterocycles. The van der Waals surface area contributed by atoms with Gasteiger partial charge in [0.2, 0.25) is 0 Å². The van der Waals surface area contributed by atoms with E-state index in [9.17, 15) is 0 Å². The molecule has 20 heavy (non-hydrogen) atoms. The minimum atomic E-state index is 1.08. The van der Waals surface area contributed by atoms with Crippen LogP contribution in [0.5, 0.6) is 0 Å². The fourth-order valence-corrected chi connectivity index (χ4v) is 3.61. The Hall–Kier alpha value is 0. The second-order valence-electron chi connectivity index (χ2n) is 6.77. The molecule has 2 unspecified atom stereocenters. The van der Waals surface area contributed by atoms with Crippen molar-refractivity contribution in [1.29, 1.82) is 0 Å². The monoisotopic (exact) mass is 282 g/mol. The molecule has 0 radical (unpaired) electrons. The third-order valence-corrected chi connectivity index (χ3v) is 4.96. The van der Waals surface area contributed by atoms with Gasteiger partial charge < -0.3 is 0 Å². The van der Waals surface area contributed by atoms with Crippen LogP contribution in [0, 0.1) is 11.8 Å². The molecule has 0 amide bonds. The third-order valence-electron chi connectivity index (χ3n) is 4.96. The smallest absolute Gasteiger partial charge is 0.0386 e. The van der Waals surface area contributed by atoms with Gasteiger partial charge in [-0.1, -0.05) is 118 Å². The number of hydrogen-bond acceptors (Lipinski definition) is 0. The molecule has 0 heteroatoms. The lowest BCUT2D eigenvalue weighted by molar-refractivity contribution is 0.352. The molecule has 0 aromatic rings. The molecular formula is C20H42. The van der Waals surface area contributed by atoms with Crippen LogP contribution in [-0.2, 0) is 0 Å². The Morgan fingerprint density at radius 1 is 0.600 bits per heavy atom. The molecule has 0 bridgehead atoms.